The normalized spacial score (nSPS) is 11.2. The third-order valence-electron chi connectivity index (χ3n) is 3.17. The van der Waals surface area contributed by atoms with E-state index in [9.17, 15) is 0 Å². The van der Waals surface area contributed by atoms with Gasteiger partial charge in [-0.1, -0.05) is 20.8 Å². The van der Waals surface area contributed by atoms with Crippen LogP contribution < -0.4 is 5.32 Å². The van der Waals surface area contributed by atoms with Gasteiger partial charge >= 0.3 is 0 Å². The van der Waals surface area contributed by atoms with Crippen LogP contribution in [0.5, 0.6) is 0 Å². The van der Waals surface area contributed by atoms with Crippen molar-refractivity contribution in [3.63, 3.8) is 0 Å². The Morgan fingerprint density at radius 3 is 2.65 bits per heavy atom. The highest BCUT2D eigenvalue weighted by Crippen LogP contribution is 2.11. The van der Waals surface area contributed by atoms with Crippen LogP contribution in [0.15, 0.2) is 16.5 Å². The first-order chi connectivity index (χ1) is 9.76. The number of nitrogens with one attached hydrogen (secondary N) is 1. The van der Waals surface area contributed by atoms with Gasteiger partial charge in [0, 0.05) is 12.8 Å². The lowest BCUT2D eigenvalue weighted by molar-refractivity contribution is 0.426. The number of nitrogens with zero attached hydrogens (tertiary/aromatic N) is 3. The Balaban J connectivity index is 2.00. The maximum atomic E-state index is 5.83. The number of rotatable bonds is 8. The number of furan rings is 1. The van der Waals surface area contributed by atoms with Gasteiger partial charge in [-0.25, -0.2) is 9.67 Å². The fourth-order valence-corrected chi connectivity index (χ4v) is 2.10. The van der Waals surface area contributed by atoms with Crippen molar-refractivity contribution in [1.29, 1.82) is 0 Å². The first-order valence-electron chi connectivity index (χ1n) is 7.47. The quantitative estimate of drug-likeness (QED) is 0.753. The van der Waals surface area contributed by atoms with Gasteiger partial charge in [-0.15, -0.1) is 0 Å². The summed E-state index contributed by atoms with van der Waals surface area (Å²) in [5.41, 5.74) is 0. The zero-order chi connectivity index (χ0) is 14.4. The molecule has 0 bridgehead atoms. The molecule has 0 atom stereocenters. The van der Waals surface area contributed by atoms with Crippen molar-refractivity contribution >= 4 is 0 Å². The highest BCUT2D eigenvalue weighted by molar-refractivity contribution is 5.08. The van der Waals surface area contributed by atoms with Crippen LogP contribution in [0.2, 0.25) is 0 Å². The summed E-state index contributed by atoms with van der Waals surface area (Å²) in [4.78, 5) is 4.51. The minimum absolute atomic E-state index is 0.657. The average molecular weight is 276 g/mol. The van der Waals surface area contributed by atoms with E-state index in [4.69, 9.17) is 4.42 Å². The first kappa shape index (κ1) is 14.8. The largest absolute Gasteiger partial charge is 0.463 e. The molecule has 2 aromatic heterocycles. The van der Waals surface area contributed by atoms with E-state index < -0.39 is 0 Å². The summed E-state index contributed by atoms with van der Waals surface area (Å²) < 4.78 is 7.77. The van der Waals surface area contributed by atoms with Gasteiger partial charge < -0.3 is 9.73 Å². The zero-order valence-electron chi connectivity index (χ0n) is 12.6. The second-order valence-electron chi connectivity index (χ2n) is 4.85. The van der Waals surface area contributed by atoms with Gasteiger partial charge in [-0.3, -0.25) is 0 Å². The Morgan fingerprint density at radius 1 is 1.15 bits per heavy atom. The molecule has 2 heterocycles. The molecule has 0 aliphatic rings. The van der Waals surface area contributed by atoms with Crippen LogP contribution in [0.1, 0.15) is 50.4 Å². The van der Waals surface area contributed by atoms with Crippen molar-refractivity contribution in [2.45, 2.75) is 53.1 Å². The minimum atomic E-state index is 0.657. The van der Waals surface area contributed by atoms with Crippen LogP contribution in [0.25, 0.3) is 0 Å². The van der Waals surface area contributed by atoms with Gasteiger partial charge in [0.15, 0.2) is 5.82 Å². The topological polar surface area (TPSA) is 55.9 Å². The molecular weight excluding hydrogens is 252 g/mol. The molecule has 20 heavy (non-hydrogen) atoms. The number of hydrogen-bond donors (Lipinski definition) is 1. The summed E-state index contributed by atoms with van der Waals surface area (Å²) in [7, 11) is 0. The SMILES string of the molecule is CCCNCc1ccc(Cn2nc(CC)nc2CC)o1. The summed E-state index contributed by atoms with van der Waals surface area (Å²) in [6.07, 6.45) is 2.88. The molecule has 0 aliphatic carbocycles. The smallest absolute Gasteiger partial charge is 0.150 e. The molecule has 0 aromatic carbocycles. The van der Waals surface area contributed by atoms with Crippen LogP contribution in [0, 0.1) is 0 Å². The molecule has 5 nitrogen and oxygen atoms in total. The molecule has 2 aromatic rings. The summed E-state index contributed by atoms with van der Waals surface area (Å²) in [5.74, 6) is 3.82. The van der Waals surface area contributed by atoms with E-state index in [1.54, 1.807) is 0 Å². The maximum Gasteiger partial charge on any atom is 0.150 e. The molecule has 0 fully saturated rings. The molecule has 0 unspecified atom stereocenters. The van der Waals surface area contributed by atoms with Crippen LogP contribution in [-0.4, -0.2) is 21.3 Å². The van der Waals surface area contributed by atoms with Crippen molar-refractivity contribution in [2.24, 2.45) is 0 Å². The second kappa shape index (κ2) is 7.24. The highest BCUT2D eigenvalue weighted by atomic mass is 16.3. The lowest BCUT2D eigenvalue weighted by Crippen LogP contribution is -2.13. The van der Waals surface area contributed by atoms with Crippen LogP contribution >= 0.6 is 0 Å². The number of aromatic nitrogens is 3. The van der Waals surface area contributed by atoms with Crippen LogP contribution in [0.3, 0.4) is 0 Å². The summed E-state index contributed by atoms with van der Waals surface area (Å²) >= 11 is 0. The second-order valence-corrected chi connectivity index (χ2v) is 4.85. The Morgan fingerprint density at radius 2 is 1.95 bits per heavy atom. The molecule has 0 amide bonds. The third-order valence-corrected chi connectivity index (χ3v) is 3.17. The van der Waals surface area contributed by atoms with E-state index in [1.165, 1.54) is 0 Å². The summed E-state index contributed by atoms with van der Waals surface area (Å²) in [5, 5.41) is 7.85. The molecule has 1 N–H and O–H groups in total. The Bertz CT molecular complexity index is 530. The van der Waals surface area contributed by atoms with Crippen molar-refractivity contribution in [3.05, 3.63) is 35.3 Å². The molecule has 110 valence electrons. The predicted molar refractivity (Wildman–Crippen MR) is 78.6 cm³/mol. The van der Waals surface area contributed by atoms with Crippen molar-refractivity contribution in [3.8, 4) is 0 Å². The predicted octanol–water partition coefficient (Wildman–Crippen LogP) is 2.54. The standard InChI is InChI=1S/C15H24N4O/c1-4-9-16-10-12-7-8-13(20-12)11-19-15(6-3)17-14(5-2)18-19/h7-8,16H,4-6,9-11H2,1-3H3. The monoisotopic (exact) mass is 276 g/mol. The Kier molecular flexibility index (Phi) is 5.35. The minimum Gasteiger partial charge on any atom is -0.463 e. The van der Waals surface area contributed by atoms with Gasteiger partial charge in [0.1, 0.15) is 23.9 Å². The van der Waals surface area contributed by atoms with E-state index in [-0.39, 0.29) is 0 Å². The molecule has 2 rings (SSSR count). The van der Waals surface area contributed by atoms with Gasteiger partial charge in [0.2, 0.25) is 0 Å². The van der Waals surface area contributed by atoms with Crippen molar-refractivity contribution < 1.29 is 4.42 Å². The van der Waals surface area contributed by atoms with E-state index in [2.05, 4.69) is 36.2 Å². The fourth-order valence-electron chi connectivity index (χ4n) is 2.10. The van der Waals surface area contributed by atoms with Crippen LogP contribution in [-0.2, 0) is 25.9 Å². The van der Waals surface area contributed by atoms with Crippen molar-refractivity contribution in [2.75, 3.05) is 6.54 Å². The van der Waals surface area contributed by atoms with Gasteiger partial charge in [0.25, 0.3) is 0 Å². The van der Waals surface area contributed by atoms with E-state index in [0.29, 0.717) is 6.54 Å². The first-order valence-corrected chi connectivity index (χ1v) is 7.47. The summed E-state index contributed by atoms with van der Waals surface area (Å²) in [6.45, 7) is 8.78. The van der Waals surface area contributed by atoms with Gasteiger partial charge in [-0.05, 0) is 25.1 Å². The molecule has 5 heteroatoms. The molecular formula is C15H24N4O. The number of aryl methyl sites for hydroxylation is 2. The highest BCUT2D eigenvalue weighted by Gasteiger charge is 2.09. The van der Waals surface area contributed by atoms with E-state index >= 15 is 0 Å². The van der Waals surface area contributed by atoms with E-state index in [0.717, 1.165) is 55.5 Å². The Labute approximate surface area is 120 Å². The molecule has 0 aliphatic heterocycles. The maximum absolute atomic E-state index is 5.83. The summed E-state index contributed by atoms with van der Waals surface area (Å²) in [6, 6.07) is 4.05. The lowest BCUT2D eigenvalue weighted by atomic mass is 10.4. The molecule has 0 radical (unpaired) electrons. The van der Waals surface area contributed by atoms with Crippen LogP contribution in [0.4, 0.5) is 0 Å². The number of hydrogen-bond acceptors (Lipinski definition) is 4. The third kappa shape index (κ3) is 3.70. The van der Waals surface area contributed by atoms with Crippen molar-refractivity contribution in [1.82, 2.24) is 20.1 Å². The average Bonchev–Trinajstić information content (AvgIpc) is 3.06. The molecule has 0 spiro atoms. The molecule has 0 saturated carbocycles. The Hall–Kier alpha value is -1.62. The lowest BCUT2D eigenvalue weighted by Gasteiger charge is -2.02. The van der Waals surface area contributed by atoms with Gasteiger partial charge in [-0.2, -0.15) is 5.10 Å². The van der Waals surface area contributed by atoms with E-state index in [1.807, 2.05) is 16.8 Å². The fraction of sp³-hybridized carbons (Fsp3) is 0.600. The van der Waals surface area contributed by atoms with Gasteiger partial charge in [0.05, 0.1) is 6.54 Å². The zero-order valence-corrected chi connectivity index (χ0v) is 12.6. The molecule has 0 saturated heterocycles.